The maximum absolute atomic E-state index is 3.97. The van der Waals surface area contributed by atoms with E-state index in [9.17, 15) is 0 Å². The lowest BCUT2D eigenvalue weighted by Crippen LogP contribution is -2.95. The van der Waals surface area contributed by atoms with Gasteiger partial charge in [0.2, 0.25) is 0 Å². The molecule has 2 atom stereocenters. The van der Waals surface area contributed by atoms with Gasteiger partial charge in [-0.3, -0.25) is 0 Å². The van der Waals surface area contributed by atoms with E-state index in [2.05, 4.69) is 44.5 Å². The summed E-state index contributed by atoms with van der Waals surface area (Å²) in [5.74, 6) is 0. The average Bonchev–Trinajstić information content (AvgIpc) is 2.01. The van der Waals surface area contributed by atoms with Crippen LogP contribution in [0.5, 0.6) is 0 Å². The van der Waals surface area contributed by atoms with Crippen molar-refractivity contribution in [3.63, 3.8) is 0 Å². The first-order valence-electron chi connectivity index (χ1n) is 5.38. The second kappa shape index (κ2) is 5.16. The van der Waals surface area contributed by atoms with Crippen LogP contribution in [-0.2, 0) is 0 Å². The summed E-state index contributed by atoms with van der Waals surface area (Å²) in [7, 11) is 0. The molecule has 1 aliphatic rings. The summed E-state index contributed by atoms with van der Waals surface area (Å²) in [6, 6.07) is 1.30. The van der Waals surface area contributed by atoms with Gasteiger partial charge in [-0.1, -0.05) is 30.4 Å². The van der Waals surface area contributed by atoms with Crippen molar-refractivity contribution in [2.75, 3.05) is 0 Å². The highest BCUT2D eigenvalue weighted by Crippen LogP contribution is 2.09. The third kappa shape index (κ3) is 3.93. The smallest absolute Gasteiger partial charge is 0.108 e. The molecular formula is C13H22N+. The van der Waals surface area contributed by atoms with Gasteiger partial charge in [0.05, 0.1) is 6.04 Å². The molecule has 0 aromatic heterocycles. The van der Waals surface area contributed by atoms with E-state index in [4.69, 9.17) is 0 Å². The molecule has 0 bridgehead atoms. The largest absolute Gasteiger partial charge is 0.337 e. The lowest BCUT2D eigenvalue weighted by atomic mass is 9.97. The van der Waals surface area contributed by atoms with E-state index in [1.54, 1.807) is 0 Å². The van der Waals surface area contributed by atoms with Gasteiger partial charge in [-0.2, -0.15) is 0 Å². The first-order chi connectivity index (χ1) is 6.58. The number of rotatable bonds is 4. The summed E-state index contributed by atoms with van der Waals surface area (Å²) in [6.45, 7) is 12.1. The monoisotopic (exact) mass is 192 g/mol. The van der Waals surface area contributed by atoms with Gasteiger partial charge in [0, 0.05) is 19.3 Å². The van der Waals surface area contributed by atoms with E-state index >= 15 is 0 Å². The topological polar surface area (TPSA) is 16.6 Å². The Kier molecular flexibility index (Phi) is 4.15. The molecule has 1 nitrogen and oxygen atoms in total. The number of quaternary nitrogens is 1. The molecule has 0 radical (unpaired) electrons. The van der Waals surface area contributed by atoms with E-state index in [0.29, 0.717) is 12.1 Å². The Hall–Kier alpha value is -0.820. The van der Waals surface area contributed by atoms with Crippen molar-refractivity contribution in [2.24, 2.45) is 0 Å². The number of hydrogen-bond donors (Lipinski definition) is 1. The summed E-state index contributed by atoms with van der Waals surface area (Å²) >= 11 is 0. The van der Waals surface area contributed by atoms with Gasteiger partial charge in [0.1, 0.15) is 6.04 Å². The first-order valence-corrected chi connectivity index (χ1v) is 5.38. The fourth-order valence-corrected chi connectivity index (χ4v) is 2.06. The Morgan fingerprint density at radius 3 is 2.50 bits per heavy atom. The summed E-state index contributed by atoms with van der Waals surface area (Å²) in [5, 5.41) is 2.46. The zero-order valence-electron chi connectivity index (χ0n) is 9.42. The molecule has 1 heterocycles. The maximum atomic E-state index is 3.97. The second-order valence-electron chi connectivity index (χ2n) is 4.60. The second-order valence-corrected chi connectivity index (χ2v) is 4.60. The molecule has 0 aliphatic carbocycles. The average molecular weight is 192 g/mol. The molecule has 1 rings (SSSR count). The lowest BCUT2D eigenvalue weighted by molar-refractivity contribution is -0.713. The third-order valence-corrected chi connectivity index (χ3v) is 2.54. The van der Waals surface area contributed by atoms with Crippen LogP contribution in [0.3, 0.4) is 0 Å². The van der Waals surface area contributed by atoms with Crippen molar-refractivity contribution in [2.45, 2.75) is 45.2 Å². The van der Waals surface area contributed by atoms with Crippen molar-refractivity contribution in [1.82, 2.24) is 0 Å². The zero-order valence-corrected chi connectivity index (χ0v) is 9.42. The van der Waals surface area contributed by atoms with Gasteiger partial charge < -0.3 is 5.32 Å². The van der Waals surface area contributed by atoms with Gasteiger partial charge in [-0.05, 0) is 19.9 Å². The Labute approximate surface area is 87.6 Å². The fourth-order valence-electron chi connectivity index (χ4n) is 2.06. The molecule has 0 amide bonds. The molecule has 14 heavy (non-hydrogen) atoms. The SMILES string of the molecule is C=C(C)C[C@@H]1CC=C[C@H](CC(=C)C)[NH2+]1. The minimum atomic E-state index is 0.602. The predicted octanol–water partition coefficient (Wildman–Crippen LogP) is 2.18. The third-order valence-electron chi connectivity index (χ3n) is 2.54. The molecule has 0 saturated carbocycles. The van der Waals surface area contributed by atoms with E-state index in [0.717, 1.165) is 12.8 Å². The first kappa shape index (κ1) is 11.3. The zero-order chi connectivity index (χ0) is 10.6. The van der Waals surface area contributed by atoms with Crippen molar-refractivity contribution in [3.8, 4) is 0 Å². The molecule has 0 aromatic carbocycles. The van der Waals surface area contributed by atoms with Crippen molar-refractivity contribution in [1.29, 1.82) is 0 Å². The van der Waals surface area contributed by atoms with Crippen LogP contribution in [-0.4, -0.2) is 12.1 Å². The van der Waals surface area contributed by atoms with Crippen molar-refractivity contribution < 1.29 is 5.32 Å². The molecule has 0 unspecified atom stereocenters. The predicted molar refractivity (Wildman–Crippen MR) is 62.1 cm³/mol. The molecule has 0 spiro atoms. The molecule has 78 valence electrons. The van der Waals surface area contributed by atoms with E-state index in [1.165, 1.54) is 17.6 Å². The summed E-state index contributed by atoms with van der Waals surface area (Å²) in [6.07, 6.45) is 8.03. The highest BCUT2D eigenvalue weighted by atomic mass is 14.9. The number of nitrogens with two attached hydrogens (primary N) is 1. The highest BCUT2D eigenvalue weighted by Gasteiger charge is 2.20. The van der Waals surface area contributed by atoms with Crippen LogP contribution in [0.4, 0.5) is 0 Å². The van der Waals surface area contributed by atoms with Crippen LogP contribution in [0.1, 0.15) is 33.1 Å². The Morgan fingerprint density at radius 1 is 1.29 bits per heavy atom. The fraction of sp³-hybridized carbons (Fsp3) is 0.538. The summed E-state index contributed by atoms with van der Waals surface area (Å²) in [5.41, 5.74) is 2.56. The Bertz CT molecular complexity index is 250. The molecule has 0 saturated heterocycles. The van der Waals surface area contributed by atoms with Gasteiger partial charge in [0.15, 0.2) is 0 Å². The maximum Gasteiger partial charge on any atom is 0.108 e. The number of hydrogen-bond acceptors (Lipinski definition) is 0. The van der Waals surface area contributed by atoms with Crippen LogP contribution >= 0.6 is 0 Å². The minimum absolute atomic E-state index is 0.602. The molecule has 1 heteroatoms. The van der Waals surface area contributed by atoms with Gasteiger partial charge >= 0.3 is 0 Å². The van der Waals surface area contributed by atoms with Crippen LogP contribution in [0.25, 0.3) is 0 Å². The summed E-state index contributed by atoms with van der Waals surface area (Å²) in [4.78, 5) is 0. The minimum Gasteiger partial charge on any atom is -0.337 e. The molecule has 0 aromatic rings. The molecule has 2 N–H and O–H groups in total. The normalized spacial score (nSPS) is 26.1. The van der Waals surface area contributed by atoms with Gasteiger partial charge in [-0.15, -0.1) is 0 Å². The van der Waals surface area contributed by atoms with Crippen LogP contribution in [0, 0.1) is 0 Å². The van der Waals surface area contributed by atoms with Gasteiger partial charge in [-0.25, -0.2) is 0 Å². The lowest BCUT2D eigenvalue weighted by Gasteiger charge is -2.23. The van der Waals surface area contributed by atoms with E-state index < -0.39 is 0 Å². The Balaban J connectivity index is 2.43. The summed E-state index contributed by atoms with van der Waals surface area (Å²) < 4.78 is 0. The van der Waals surface area contributed by atoms with Crippen LogP contribution < -0.4 is 5.32 Å². The molecular weight excluding hydrogens is 170 g/mol. The van der Waals surface area contributed by atoms with Gasteiger partial charge in [0.25, 0.3) is 0 Å². The Morgan fingerprint density at radius 2 is 1.93 bits per heavy atom. The standard InChI is InChI=1S/C13H21N/c1-10(2)8-12-6-5-7-13(14-12)9-11(3)4/h5-6,12-14H,1,3,7-9H2,2,4H3/p+1/t12-,13+/m1/s1. The van der Waals surface area contributed by atoms with Crippen molar-refractivity contribution in [3.05, 3.63) is 36.5 Å². The van der Waals surface area contributed by atoms with Crippen molar-refractivity contribution >= 4 is 0 Å². The molecule has 1 aliphatic heterocycles. The molecule has 0 fully saturated rings. The van der Waals surface area contributed by atoms with E-state index in [-0.39, 0.29) is 0 Å². The highest BCUT2D eigenvalue weighted by molar-refractivity contribution is 5.02. The van der Waals surface area contributed by atoms with Crippen LogP contribution in [0.15, 0.2) is 36.5 Å². The quantitative estimate of drug-likeness (QED) is 0.658. The van der Waals surface area contributed by atoms with Crippen LogP contribution in [0.2, 0.25) is 0 Å². The van der Waals surface area contributed by atoms with E-state index in [1.807, 2.05) is 0 Å².